The normalized spacial score (nSPS) is 19.0. The van der Waals surface area contributed by atoms with Crippen molar-refractivity contribution in [2.45, 2.75) is 64.1 Å². The van der Waals surface area contributed by atoms with Gasteiger partial charge in [0.05, 0.1) is 30.1 Å². The van der Waals surface area contributed by atoms with Gasteiger partial charge in [-0.3, -0.25) is 34.6 Å². The number of piperidine rings is 2. The zero-order chi connectivity index (χ0) is 44.5. The summed E-state index contributed by atoms with van der Waals surface area (Å²) in [5.74, 6) is 0.989. The van der Waals surface area contributed by atoms with Crippen LogP contribution in [0.1, 0.15) is 65.3 Å². The number of carbonyl (C=O) groups is 3. The molecule has 336 valence electrons. The Morgan fingerprint density at radius 3 is 2.47 bits per heavy atom. The number of fused-ring (bicyclic) bond motifs is 2. The summed E-state index contributed by atoms with van der Waals surface area (Å²) in [7, 11) is -0.812. The van der Waals surface area contributed by atoms with E-state index in [0.29, 0.717) is 54.9 Å². The molecule has 3 saturated heterocycles. The molecule has 0 saturated carbocycles. The Kier molecular flexibility index (Phi) is 12.4. The first-order valence-corrected chi connectivity index (χ1v) is 25.0. The SMILES string of the molecule is CCc1cc(Nc2nc(Cc3ccccc3P(C)(C)=O)c3cn[nH]c3n2)c(OC)cc1N1CCC(N2CCN(CCOc3ccc4c(c3)CN(C3CCC(=O)NC3=O)C4=O)CC2)CC1. The highest BCUT2D eigenvalue weighted by atomic mass is 31.2. The number of imide groups is 1. The van der Waals surface area contributed by atoms with Crippen LogP contribution in [0.4, 0.5) is 17.3 Å². The number of carbonyl (C=O) groups excluding carboxylic acids is 3. The van der Waals surface area contributed by atoms with E-state index in [9.17, 15) is 18.9 Å². The minimum atomic E-state index is -2.51. The van der Waals surface area contributed by atoms with Crippen molar-refractivity contribution in [3.8, 4) is 11.5 Å². The van der Waals surface area contributed by atoms with Gasteiger partial charge in [0.1, 0.15) is 31.3 Å². The minimum Gasteiger partial charge on any atom is -0.494 e. The standard InChI is InChI=1S/C47H57N10O6P/c1-5-30-25-38(50-47-49-37(36-28-48-53-44(36)52-47)26-31-8-6-7-9-42(31)64(3,4)61)41(62-2)27-40(30)56-16-14-33(15-17-56)55-20-18-54(19-21-55)22-23-63-34-10-11-35-32(24-34)29-57(46(35)60)39-12-13-43(58)51-45(39)59/h6-11,24-25,27-28,33,39H,5,12-23,26,29H2,1-4H3,(H,51,58,59)(H2,48,49,50,52,53). The number of rotatable bonds is 14. The summed E-state index contributed by atoms with van der Waals surface area (Å²) < 4.78 is 25.3. The molecule has 4 aliphatic heterocycles. The first kappa shape index (κ1) is 43.4. The van der Waals surface area contributed by atoms with Gasteiger partial charge in [0.2, 0.25) is 17.8 Å². The van der Waals surface area contributed by atoms with Gasteiger partial charge >= 0.3 is 0 Å². The third kappa shape index (κ3) is 9.09. The maximum atomic E-state index is 13.1. The van der Waals surface area contributed by atoms with Gasteiger partial charge in [0.15, 0.2) is 5.65 Å². The number of methoxy groups -OCH3 is 1. The van der Waals surface area contributed by atoms with Gasteiger partial charge in [-0.15, -0.1) is 0 Å². The van der Waals surface area contributed by atoms with Crippen molar-refractivity contribution in [3.05, 3.63) is 88.7 Å². The largest absolute Gasteiger partial charge is 0.494 e. The van der Waals surface area contributed by atoms with Crippen molar-refractivity contribution < 1.29 is 28.4 Å². The van der Waals surface area contributed by atoms with Crippen molar-refractivity contribution in [2.24, 2.45) is 0 Å². The van der Waals surface area contributed by atoms with Crippen LogP contribution in [0.5, 0.6) is 11.5 Å². The monoisotopic (exact) mass is 888 g/mol. The lowest BCUT2D eigenvalue weighted by molar-refractivity contribution is -0.136. The van der Waals surface area contributed by atoms with E-state index in [0.717, 1.165) is 104 Å². The predicted molar refractivity (Wildman–Crippen MR) is 247 cm³/mol. The second kappa shape index (κ2) is 18.3. The van der Waals surface area contributed by atoms with E-state index in [1.54, 1.807) is 37.6 Å². The Morgan fingerprint density at radius 1 is 0.922 bits per heavy atom. The second-order valence-electron chi connectivity index (χ2n) is 17.6. The molecule has 3 amide bonds. The summed E-state index contributed by atoms with van der Waals surface area (Å²) in [5, 5.41) is 14.8. The van der Waals surface area contributed by atoms with Gasteiger partial charge in [-0.25, -0.2) is 4.98 Å². The van der Waals surface area contributed by atoms with Crippen molar-refractivity contribution in [3.63, 3.8) is 0 Å². The number of H-pyrrole nitrogens is 1. The molecule has 3 N–H and O–H groups in total. The fourth-order valence-electron chi connectivity index (χ4n) is 9.79. The number of anilines is 3. The lowest BCUT2D eigenvalue weighted by Gasteiger charge is -2.43. The van der Waals surface area contributed by atoms with Crippen LogP contribution in [0.3, 0.4) is 0 Å². The highest BCUT2D eigenvalue weighted by molar-refractivity contribution is 7.70. The summed E-state index contributed by atoms with van der Waals surface area (Å²) in [6, 6.07) is 17.6. The van der Waals surface area contributed by atoms with Gasteiger partial charge in [0, 0.05) is 93.9 Å². The molecule has 0 spiro atoms. The van der Waals surface area contributed by atoms with Crippen molar-refractivity contribution in [1.82, 2.24) is 40.2 Å². The Labute approximate surface area is 373 Å². The molecule has 1 atom stereocenters. The number of amides is 3. The summed E-state index contributed by atoms with van der Waals surface area (Å²) in [4.78, 5) is 56.0. The maximum absolute atomic E-state index is 13.1. The van der Waals surface area contributed by atoms with E-state index in [1.807, 2.05) is 36.4 Å². The highest BCUT2D eigenvalue weighted by Crippen LogP contribution is 2.39. The molecule has 0 radical (unpaired) electrons. The smallest absolute Gasteiger partial charge is 0.255 e. The molecular formula is C47H57N10O6P. The first-order valence-electron chi connectivity index (χ1n) is 22.4. The molecule has 1 unspecified atom stereocenters. The van der Waals surface area contributed by atoms with E-state index >= 15 is 0 Å². The predicted octanol–water partition coefficient (Wildman–Crippen LogP) is 4.93. The fraction of sp³-hybridized carbons (Fsp3) is 0.447. The zero-order valence-electron chi connectivity index (χ0n) is 37.1. The van der Waals surface area contributed by atoms with Crippen LogP contribution in [-0.4, -0.2) is 138 Å². The third-order valence-electron chi connectivity index (χ3n) is 13.2. The van der Waals surface area contributed by atoms with Crippen LogP contribution >= 0.6 is 7.14 Å². The van der Waals surface area contributed by atoms with E-state index in [-0.39, 0.29) is 18.2 Å². The summed E-state index contributed by atoms with van der Waals surface area (Å²) >= 11 is 0. The second-order valence-corrected chi connectivity index (χ2v) is 20.8. The molecule has 2 aromatic heterocycles. The minimum absolute atomic E-state index is 0.179. The third-order valence-corrected chi connectivity index (χ3v) is 14.8. The van der Waals surface area contributed by atoms with Crippen LogP contribution in [0.15, 0.2) is 60.8 Å². The lowest BCUT2D eigenvalue weighted by atomic mass is 9.99. The molecule has 0 aliphatic carbocycles. The number of nitrogens with one attached hydrogen (secondary N) is 3. The van der Waals surface area contributed by atoms with E-state index in [4.69, 9.17) is 19.4 Å². The molecule has 64 heavy (non-hydrogen) atoms. The molecule has 6 heterocycles. The Bertz CT molecular complexity index is 2610. The van der Waals surface area contributed by atoms with Crippen LogP contribution in [0, 0.1) is 0 Å². The van der Waals surface area contributed by atoms with Gasteiger partial charge in [0.25, 0.3) is 5.91 Å². The van der Waals surface area contributed by atoms with Crippen LogP contribution in [0.2, 0.25) is 0 Å². The number of nitrogens with zero attached hydrogens (tertiary/aromatic N) is 7. The average molecular weight is 889 g/mol. The Hall–Kier alpha value is -5.83. The molecule has 0 bridgehead atoms. The number of hydrogen-bond donors (Lipinski definition) is 3. The fourth-order valence-corrected chi connectivity index (χ4v) is 11.1. The molecule has 16 nitrogen and oxygen atoms in total. The van der Waals surface area contributed by atoms with Crippen LogP contribution in [-0.2, 0) is 33.5 Å². The van der Waals surface area contributed by atoms with E-state index in [2.05, 4.69) is 54.6 Å². The highest BCUT2D eigenvalue weighted by Gasteiger charge is 2.39. The molecule has 3 aromatic carbocycles. The van der Waals surface area contributed by atoms with Crippen LogP contribution in [0.25, 0.3) is 11.0 Å². The molecule has 3 fully saturated rings. The van der Waals surface area contributed by atoms with E-state index in [1.165, 1.54) is 11.3 Å². The zero-order valence-corrected chi connectivity index (χ0v) is 38.0. The Morgan fingerprint density at radius 2 is 1.72 bits per heavy atom. The number of benzene rings is 3. The number of piperazine rings is 1. The summed E-state index contributed by atoms with van der Waals surface area (Å²) in [6.07, 6.45) is 5.84. The quantitative estimate of drug-likeness (QED) is 0.101. The summed E-state index contributed by atoms with van der Waals surface area (Å²) in [6.45, 7) is 13.4. The number of aryl methyl sites for hydroxylation is 1. The van der Waals surface area contributed by atoms with Gasteiger partial charge < -0.3 is 29.2 Å². The van der Waals surface area contributed by atoms with E-state index < -0.39 is 19.1 Å². The van der Waals surface area contributed by atoms with Crippen molar-refractivity contribution >= 4 is 58.5 Å². The topological polar surface area (TPSA) is 178 Å². The molecule has 17 heteroatoms. The number of ether oxygens (including phenoxy) is 2. The molecule has 4 aliphatic rings. The lowest BCUT2D eigenvalue weighted by Crippen LogP contribution is -2.53. The average Bonchev–Trinajstić information content (AvgIpc) is 3.90. The number of aromatic nitrogens is 4. The Balaban J connectivity index is 0.772. The van der Waals surface area contributed by atoms with Gasteiger partial charge in [-0.05, 0) is 80.0 Å². The first-order chi connectivity index (χ1) is 30.9. The van der Waals surface area contributed by atoms with Gasteiger partial charge in [-0.1, -0.05) is 31.2 Å². The number of hydrogen-bond acceptors (Lipinski definition) is 13. The maximum Gasteiger partial charge on any atom is 0.255 e. The number of aromatic amines is 1. The summed E-state index contributed by atoms with van der Waals surface area (Å²) in [5.41, 5.74) is 7.03. The van der Waals surface area contributed by atoms with Crippen molar-refractivity contribution in [1.29, 1.82) is 0 Å². The molecule has 9 rings (SSSR count). The molecular weight excluding hydrogens is 832 g/mol. The molecule has 5 aromatic rings. The van der Waals surface area contributed by atoms with Crippen LogP contribution < -0.4 is 30.3 Å². The van der Waals surface area contributed by atoms with Crippen molar-refractivity contribution in [2.75, 3.05) is 83.1 Å². The van der Waals surface area contributed by atoms with Gasteiger partial charge in [-0.2, -0.15) is 10.1 Å².